The number of carbonyl (C=O) groups excluding carboxylic acids is 2. The first-order valence-electron chi connectivity index (χ1n) is 7.16. The first kappa shape index (κ1) is 15.7. The first-order chi connectivity index (χ1) is 11.7. The van der Waals surface area contributed by atoms with Gasteiger partial charge in [-0.1, -0.05) is 0 Å². The van der Waals surface area contributed by atoms with E-state index in [1.807, 2.05) is 0 Å². The normalized spacial score (nSPS) is 11.7. The molecular weight excluding hydrogens is 314 g/mol. The number of benzene rings is 2. The van der Waals surface area contributed by atoms with Crippen LogP contribution in [0.4, 0.5) is 5.69 Å². The summed E-state index contributed by atoms with van der Waals surface area (Å²) >= 11 is 0. The number of esters is 1. The van der Waals surface area contributed by atoms with Crippen LogP contribution in [0.25, 0.3) is 0 Å². The van der Waals surface area contributed by atoms with Crippen LogP contribution in [0.3, 0.4) is 0 Å². The molecule has 0 aromatic heterocycles. The van der Waals surface area contributed by atoms with Gasteiger partial charge in [0.2, 0.25) is 6.79 Å². The second-order valence-corrected chi connectivity index (χ2v) is 4.92. The molecule has 24 heavy (non-hydrogen) atoms. The van der Waals surface area contributed by atoms with Gasteiger partial charge in [-0.05, 0) is 36.4 Å². The van der Waals surface area contributed by atoms with Crippen LogP contribution in [-0.2, 0) is 9.53 Å². The molecule has 2 aromatic rings. The van der Waals surface area contributed by atoms with Crippen LogP contribution in [0, 0.1) is 0 Å². The Kier molecular flexibility index (Phi) is 4.51. The van der Waals surface area contributed by atoms with Gasteiger partial charge in [-0.25, -0.2) is 4.79 Å². The molecule has 1 aliphatic heterocycles. The Labute approximate surface area is 138 Å². The van der Waals surface area contributed by atoms with Crippen LogP contribution < -0.4 is 19.5 Å². The summed E-state index contributed by atoms with van der Waals surface area (Å²) in [5, 5.41) is 2.71. The largest absolute Gasteiger partial charge is 0.484 e. The van der Waals surface area contributed by atoms with Crippen molar-refractivity contribution in [1.29, 1.82) is 0 Å². The zero-order valence-corrected chi connectivity index (χ0v) is 12.9. The van der Waals surface area contributed by atoms with Crippen LogP contribution in [0.5, 0.6) is 17.2 Å². The number of fused-ring (bicyclic) bond motifs is 1. The maximum absolute atomic E-state index is 11.9. The number of amides is 1. The molecular formula is C17H15NO6. The summed E-state index contributed by atoms with van der Waals surface area (Å²) in [7, 11) is 1.31. The molecule has 1 N–H and O–H groups in total. The van der Waals surface area contributed by atoms with Crippen molar-refractivity contribution in [3.8, 4) is 17.2 Å². The number of carbonyl (C=O) groups is 2. The van der Waals surface area contributed by atoms with E-state index in [-0.39, 0.29) is 19.3 Å². The highest BCUT2D eigenvalue weighted by molar-refractivity contribution is 5.92. The Balaban J connectivity index is 1.53. The minimum absolute atomic E-state index is 0.161. The molecule has 0 radical (unpaired) electrons. The lowest BCUT2D eigenvalue weighted by atomic mass is 10.2. The van der Waals surface area contributed by atoms with E-state index in [1.54, 1.807) is 42.5 Å². The topological polar surface area (TPSA) is 83.1 Å². The van der Waals surface area contributed by atoms with Crippen molar-refractivity contribution in [1.82, 2.24) is 0 Å². The lowest BCUT2D eigenvalue weighted by molar-refractivity contribution is -0.118. The highest BCUT2D eigenvalue weighted by Gasteiger charge is 2.14. The molecule has 0 spiro atoms. The molecule has 0 aliphatic carbocycles. The summed E-state index contributed by atoms with van der Waals surface area (Å²) < 4.78 is 20.4. The maximum atomic E-state index is 11.9. The van der Waals surface area contributed by atoms with Crippen LogP contribution >= 0.6 is 0 Å². The van der Waals surface area contributed by atoms with Crippen LogP contribution in [0.2, 0.25) is 0 Å². The van der Waals surface area contributed by atoms with Crippen LogP contribution in [0.1, 0.15) is 10.4 Å². The van der Waals surface area contributed by atoms with Gasteiger partial charge in [0.15, 0.2) is 18.1 Å². The minimum Gasteiger partial charge on any atom is -0.484 e. The molecule has 1 heterocycles. The van der Waals surface area contributed by atoms with Gasteiger partial charge in [0.25, 0.3) is 5.91 Å². The summed E-state index contributed by atoms with van der Waals surface area (Å²) in [5.74, 6) is 0.971. The predicted molar refractivity (Wildman–Crippen MR) is 84.5 cm³/mol. The van der Waals surface area contributed by atoms with Gasteiger partial charge >= 0.3 is 5.97 Å². The second kappa shape index (κ2) is 6.91. The smallest absolute Gasteiger partial charge is 0.337 e. The average Bonchev–Trinajstić information content (AvgIpc) is 3.07. The van der Waals surface area contributed by atoms with Gasteiger partial charge in [-0.2, -0.15) is 0 Å². The first-order valence-corrected chi connectivity index (χ1v) is 7.16. The Morgan fingerprint density at radius 2 is 1.83 bits per heavy atom. The summed E-state index contributed by atoms with van der Waals surface area (Å²) in [4.78, 5) is 23.3. The van der Waals surface area contributed by atoms with Crippen molar-refractivity contribution in [3.05, 3.63) is 48.0 Å². The Bertz CT molecular complexity index is 756. The van der Waals surface area contributed by atoms with Gasteiger partial charge < -0.3 is 24.3 Å². The van der Waals surface area contributed by atoms with Gasteiger partial charge in [0.05, 0.1) is 12.7 Å². The number of nitrogens with one attached hydrogen (secondary N) is 1. The maximum Gasteiger partial charge on any atom is 0.337 e. The van der Waals surface area contributed by atoms with E-state index in [9.17, 15) is 9.59 Å². The number of hydrogen-bond donors (Lipinski definition) is 1. The predicted octanol–water partition coefficient (Wildman–Crippen LogP) is 2.22. The molecule has 3 rings (SSSR count). The van der Waals surface area contributed by atoms with Gasteiger partial charge in [-0.15, -0.1) is 0 Å². The van der Waals surface area contributed by atoms with E-state index in [4.69, 9.17) is 14.2 Å². The van der Waals surface area contributed by atoms with Gasteiger partial charge in [0, 0.05) is 11.8 Å². The van der Waals surface area contributed by atoms with E-state index in [0.29, 0.717) is 28.5 Å². The highest BCUT2D eigenvalue weighted by Crippen LogP contribution is 2.34. The molecule has 124 valence electrons. The van der Waals surface area contributed by atoms with E-state index in [2.05, 4.69) is 10.1 Å². The lowest BCUT2D eigenvalue weighted by Gasteiger charge is -2.08. The summed E-state index contributed by atoms with van der Waals surface area (Å²) in [6.45, 7) is 0.0173. The van der Waals surface area contributed by atoms with Crippen molar-refractivity contribution in [3.63, 3.8) is 0 Å². The van der Waals surface area contributed by atoms with Crippen LogP contribution in [-0.4, -0.2) is 32.4 Å². The standard InChI is InChI=1S/C17H15NO6/c1-21-17(20)11-2-5-13(6-3-11)22-9-16(19)18-12-4-7-14-15(8-12)24-10-23-14/h2-8H,9-10H2,1H3,(H,18,19). The average molecular weight is 329 g/mol. The third-order valence-corrected chi connectivity index (χ3v) is 3.30. The van der Waals surface area contributed by atoms with Crippen molar-refractivity contribution < 1.29 is 28.5 Å². The van der Waals surface area contributed by atoms with E-state index < -0.39 is 5.97 Å². The fourth-order valence-corrected chi connectivity index (χ4v) is 2.13. The van der Waals surface area contributed by atoms with Crippen molar-refractivity contribution in [2.45, 2.75) is 0 Å². The fraction of sp³-hybridized carbons (Fsp3) is 0.176. The van der Waals surface area contributed by atoms with E-state index in [1.165, 1.54) is 7.11 Å². The van der Waals surface area contributed by atoms with Crippen molar-refractivity contribution in [2.24, 2.45) is 0 Å². The van der Waals surface area contributed by atoms with Gasteiger partial charge in [0.1, 0.15) is 5.75 Å². The molecule has 7 heteroatoms. The van der Waals surface area contributed by atoms with Crippen molar-refractivity contribution in [2.75, 3.05) is 25.8 Å². The van der Waals surface area contributed by atoms with Crippen molar-refractivity contribution >= 4 is 17.6 Å². The molecule has 0 fully saturated rings. The zero-order valence-electron chi connectivity index (χ0n) is 12.9. The molecule has 0 saturated heterocycles. The fourth-order valence-electron chi connectivity index (χ4n) is 2.13. The number of hydrogen-bond acceptors (Lipinski definition) is 6. The Morgan fingerprint density at radius 1 is 1.08 bits per heavy atom. The zero-order chi connectivity index (χ0) is 16.9. The monoisotopic (exact) mass is 329 g/mol. The molecule has 2 aromatic carbocycles. The number of ether oxygens (including phenoxy) is 4. The quantitative estimate of drug-likeness (QED) is 0.847. The van der Waals surface area contributed by atoms with E-state index in [0.717, 1.165) is 0 Å². The van der Waals surface area contributed by atoms with E-state index >= 15 is 0 Å². The molecule has 0 unspecified atom stereocenters. The van der Waals surface area contributed by atoms with Crippen LogP contribution in [0.15, 0.2) is 42.5 Å². The summed E-state index contributed by atoms with van der Waals surface area (Å²) in [5.41, 5.74) is 1.00. The minimum atomic E-state index is -0.429. The highest BCUT2D eigenvalue weighted by atomic mass is 16.7. The molecule has 0 atom stereocenters. The second-order valence-electron chi connectivity index (χ2n) is 4.92. The lowest BCUT2D eigenvalue weighted by Crippen LogP contribution is -2.20. The molecule has 7 nitrogen and oxygen atoms in total. The SMILES string of the molecule is COC(=O)c1ccc(OCC(=O)Nc2ccc3c(c2)OCO3)cc1. The third-order valence-electron chi connectivity index (χ3n) is 3.30. The number of rotatable bonds is 5. The molecule has 1 aliphatic rings. The molecule has 0 saturated carbocycles. The summed E-state index contributed by atoms with van der Waals surface area (Å²) in [6, 6.07) is 11.5. The number of methoxy groups -OCH3 is 1. The van der Waals surface area contributed by atoms with Gasteiger partial charge in [-0.3, -0.25) is 4.79 Å². The number of anilines is 1. The summed E-state index contributed by atoms with van der Waals surface area (Å²) in [6.07, 6.45) is 0. The Hall–Kier alpha value is -3.22. The molecule has 0 bridgehead atoms. The Morgan fingerprint density at radius 3 is 2.58 bits per heavy atom. The third kappa shape index (κ3) is 3.57. The molecule has 1 amide bonds.